The second kappa shape index (κ2) is 4.36. The summed E-state index contributed by atoms with van der Waals surface area (Å²) in [6.45, 7) is 4.05. The Balaban J connectivity index is 3.34. The average Bonchev–Trinajstić information content (AvgIpc) is 1.87. The fourth-order valence-corrected chi connectivity index (χ4v) is 0.488. The minimum atomic E-state index is -0.218. The second-order valence-electron chi connectivity index (χ2n) is 2.23. The Morgan fingerprint density at radius 1 is 1.78 bits per heavy atom. The summed E-state index contributed by atoms with van der Waals surface area (Å²) in [5, 5.41) is 0. The van der Waals surface area contributed by atoms with Crippen LogP contribution in [0.5, 0.6) is 0 Å². The van der Waals surface area contributed by atoms with Gasteiger partial charge in [-0.1, -0.05) is 20.3 Å². The molecule has 0 aromatic heterocycles. The molecule has 1 unspecified atom stereocenters. The van der Waals surface area contributed by atoms with Crippen molar-refractivity contribution in [3.05, 3.63) is 7.11 Å². The van der Waals surface area contributed by atoms with Crippen LogP contribution in [0.25, 0.3) is 0 Å². The van der Waals surface area contributed by atoms with Crippen molar-refractivity contribution in [2.75, 3.05) is 0 Å². The maximum atomic E-state index is 10.5. The molecular formula is C7H13O2. The summed E-state index contributed by atoms with van der Waals surface area (Å²) < 4.78 is 4.23. The summed E-state index contributed by atoms with van der Waals surface area (Å²) in [4.78, 5) is 10.5. The molecule has 0 saturated heterocycles. The van der Waals surface area contributed by atoms with Crippen LogP contribution >= 0.6 is 0 Å². The third-order valence-electron chi connectivity index (χ3n) is 1.37. The fraction of sp³-hybridized carbons (Fsp3) is 0.714. The van der Waals surface area contributed by atoms with Gasteiger partial charge in [0, 0.05) is 6.42 Å². The molecule has 0 bridgehead atoms. The molecule has 1 radical (unpaired) electrons. The van der Waals surface area contributed by atoms with Gasteiger partial charge in [0.15, 0.2) is 0 Å². The molecule has 0 saturated carbocycles. The Bertz CT molecular complexity index is 88.9. The quantitative estimate of drug-likeness (QED) is 0.543. The molecule has 0 N–H and O–H groups in total. The minimum absolute atomic E-state index is 0.218. The third kappa shape index (κ3) is 4.01. The highest BCUT2D eigenvalue weighted by molar-refractivity contribution is 5.69. The Kier molecular flexibility index (Phi) is 4.10. The summed E-state index contributed by atoms with van der Waals surface area (Å²) in [7, 11) is 3.02. The van der Waals surface area contributed by atoms with Gasteiger partial charge in [-0.3, -0.25) is 4.79 Å². The van der Waals surface area contributed by atoms with Crippen molar-refractivity contribution in [2.45, 2.75) is 26.7 Å². The van der Waals surface area contributed by atoms with Gasteiger partial charge < -0.3 is 4.74 Å². The number of carbonyl (C=O) groups is 1. The highest BCUT2D eigenvalue weighted by Crippen LogP contribution is 2.06. The molecule has 0 aliphatic heterocycles. The van der Waals surface area contributed by atoms with Crippen molar-refractivity contribution in [3.8, 4) is 0 Å². The van der Waals surface area contributed by atoms with Gasteiger partial charge in [-0.15, -0.1) is 0 Å². The first kappa shape index (κ1) is 8.47. The van der Waals surface area contributed by atoms with Gasteiger partial charge >= 0.3 is 5.97 Å². The molecule has 1 atom stereocenters. The minimum Gasteiger partial charge on any atom is -0.462 e. The maximum Gasteiger partial charge on any atom is 0.306 e. The molecule has 0 spiro atoms. The van der Waals surface area contributed by atoms with E-state index < -0.39 is 0 Å². The zero-order chi connectivity index (χ0) is 7.28. The lowest BCUT2D eigenvalue weighted by atomic mass is 10.1. The zero-order valence-electron chi connectivity index (χ0n) is 6.02. The summed E-state index contributed by atoms with van der Waals surface area (Å²) in [6, 6.07) is 0. The third-order valence-corrected chi connectivity index (χ3v) is 1.37. The van der Waals surface area contributed by atoms with E-state index in [1.165, 1.54) is 0 Å². The van der Waals surface area contributed by atoms with E-state index in [1.807, 2.05) is 13.8 Å². The average molecular weight is 129 g/mol. The second-order valence-corrected chi connectivity index (χ2v) is 2.23. The molecule has 53 valence electrons. The molecule has 0 heterocycles. The molecule has 2 heteroatoms. The van der Waals surface area contributed by atoms with Crippen molar-refractivity contribution in [3.63, 3.8) is 0 Å². The first-order valence-corrected chi connectivity index (χ1v) is 3.15. The molecular weight excluding hydrogens is 116 g/mol. The van der Waals surface area contributed by atoms with E-state index in [0.29, 0.717) is 12.3 Å². The molecule has 9 heavy (non-hydrogen) atoms. The number of carbonyl (C=O) groups excluding carboxylic acids is 1. The topological polar surface area (TPSA) is 26.3 Å². The largest absolute Gasteiger partial charge is 0.462 e. The standard InChI is InChI=1S/C7H13O2/c1-4-6(2)5-7(8)9-3/h6H,3-5H2,1-2H3. The van der Waals surface area contributed by atoms with Gasteiger partial charge in [-0.2, -0.15) is 0 Å². The predicted molar refractivity (Wildman–Crippen MR) is 35.5 cm³/mol. The van der Waals surface area contributed by atoms with E-state index in [9.17, 15) is 4.79 Å². The van der Waals surface area contributed by atoms with Gasteiger partial charge in [0.05, 0.1) is 0 Å². The fourth-order valence-electron chi connectivity index (χ4n) is 0.488. The van der Waals surface area contributed by atoms with Crippen molar-refractivity contribution in [1.29, 1.82) is 0 Å². The van der Waals surface area contributed by atoms with Crippen molar-refractivity contribution < 1.29 is 9.53 Å². The van der Waals surface area contributed by atoms with Crippen LogP contribution in [-0.2, 0) is 9.53 Å². The molecule has 0 amide bonds. The summed E-state index contributed by atoms with van der Waals surface area (Å²) in [5.41, 5.74) is 0. The molecule has 0 rings (SSSR count). The molecule has 0 aromatic carbocycles. The van der Waals surface area contributed by atoms with E-state index in [4.69, 9.17) is 0 Å². The van der Waals surface area contributed by atoms with Crippen molar-refractivity contribution in [2.24, 2.45) is 5.92 Å². The van der Waals surface area contributed by atoms with Crippen LogP contribution in [0.2, 0.25) is 0 Å². The zero-order valence-corrected chi connectivity index (χ0v) is 6.02. The van der Waals surface area contributed by atoms with E-state index in [1.54, 1.807) is 0 Å². The number of rotatable bonds is 3. The number of ether oxygens (including phenoxy) is 1. The lowest BCUT2D eigenvalue weighted by Gasteiger charge is -2.03. The van der Waals surface area contributed by atoms with Crippen LogP contribution in [-0.4, -0.2) is 5.97 Å². The van der Waals surface area contributed by atoms with Gasteiger partial charge in [0.1, 0.15) is 7.11 Å². The maximum absolute atomic E-state index is 10.5. The summed E-state index contributed by atoms with van der Waals surface area (Å²) in [6.07, 6.45) is 1.50. The lowest BCUT2D eigenvalue weighted by Crippen LogP contribution is -2.04. The highest BCUT2D eigenvalue weighted by Gasteiger charge is 2.05. The Morgan fingerprint density at radius 3 is 2.67 bits per heavy atom. The van der Waals surface area contributed by atoms with E-state index in [0.717, 1.165) is 6.42 Å². The summed E-state index contributed by atoms with van der Waals surface area (Å²) >= 11 is 0. The lowest BCUT2D eigenvalue weighted by molar-refractivity contribution is -0.139. The van der Waals surface area contributed by atoms with Crippen LogP contribution in [0.15, 0.2) is 0 Å². The van der Waals surface area contributed by atoms with Crippen LogP contribution in [0.4, 0.5) is 0 Å². The molecule has 0 aromatic rings. The number of hydrogen-bond acceptors (Lipinski definition) is 2. The first-order chi connectivity index (χ1) is 4.20. The monoisotopic (exact) mass is 129 g/mol. The molecule has 0 fully saturated rings. The Hall–Kier alpha value is -0.530. The van der Waals surface area contributed by atoms with Crippen LogP contribution in [0.3, 0.4) is 0 Å². The smallest absolute Gasteiger partial charge is 0.306 e. The van der Waals surface area contributed by atoms with Gasteiger partial charge in [0.2, 0.25) is 0 Å². The van der Waals surface area contributed by atoms with Crippen molar-refractivity contribution in [1.82, 2.24) is 0 Å². The van der Waals surface area contributed by atoms with Crippen LogP contribution < -0.4 is 0 Å². The van der Waals surface area contributed by atoms with Gasteiger partial charge in [0.25, 0.3) is 0 Å². The van der Waals surface area contributed by atoms with Gasteiger partial charge in [-0.25, -0.2) is 0 Å². The van der Waals surface area contributed by atoms with E-state index in [2.05, 4.69) is 11.8 Å². The first-order valence-electron chi connectivity index (χ1n) is 3.15. The highest BCUT2D eigenvalue weighted by atomic mass is 16.5. The SMILES string of the molecule is [CH2]OC(=O)CC(C)CC. The Morgan fingerprint density at radius 2 is 2.33 bits per heavy atom. The molecule has 0 aliphatic rings. The van der Waals surface area contributed by atoms with E-state index >= 15 is 0 Å². The predicted octanol–water partition coefficient (Wildman–Crippen LogP) is 1.76. The summed E-state index contributed by atoms with van der Waals surface area (Å²) in [5.74, 6) is 0.198. The number of esters is 1. The van der Waals surface area contributed by atoms with Crippen LogP contribution in [0, 0.1) is 13.0 Å². The Labute approximate surface area is 56.2 Å². The normalized spacial score (nSPS) is 12.8. The van der Waals surface area contributed by atoms with Crippen LogP contribution in [0.1, 0.15) is 26.7 Å². The molecule has 0 aliphatic carbocycles. The van der Waals surface area contributed by atoms with E-state index in [-0.39, 0.29) is 5.97 Å². The molecule has 2 nitrogen and oxygen atoms in total. The van der Waals surface area contributed by atoms with Gasteiger partial charge in [-0.05, 0) is 5.92 Å². The van der Waals surface area contributed by atoms with Crippen molar-refractivity contribution >= 4 is 5.97 Å². The number of hydrogen-bond donors (Lipinski definition) is 0.